The van der Waals surface area contributed by atoms with E-state index in [1.165, 1.54) is 77.0 Å². The number of hydrogen-bond acceptors (Lipinski definition) is 8. The second-order valence-corrected chi connectivity index (χ2v) is 3.53. The number of methoxy groups -OCH3 is 4. The third-order valence-corrected chi connectivity index (χ3v) is 1.96. The molecule has 0 rings (SSSR count). The van der Waals surface area contributed by atoms with Crippen LogP contribution >= 0.6 is 0 Å². The van der Waals surface area contributed by atoms with Crippen LogP contribution in [0.15, 0.2) is 48.6 Å². The van der Waals surface area contributed by atoms with Crippen LogP contribution in [0, 0.1) is 0 Å². The summed E-state index contributed by atoms with van der Waals surface area (Å²) in [7, 11) is 5.10. The smallest absolute Gasteiger partial charge is 0.330 e. The van der Waals surface area contributed by atoms with Crippen molar-refractivity contribution < 1.29 is 38.1 Å². The molecule has 132 valence electrons. The van der Waals surface area contributed by atoms with Gasteiger partial charge in [0.1, 0.15) is 0 Å². The summed E-state index contributed by atoms with van der Waals surface area (Å²) in [6.07, 6.45) is 10.3. The molecule has 0 saturated carbocycles. The molecule has 0 bridgehead atoms. The van der Waals surface area contributed by atoms with E-state index < -0.39 is 23.9 Å². The molecule has 8 nitrogen and oxygen atoms in total. The molecule has 8 heteroatoms. The average Bonchev–Trinajstić information content (AvgIpc) is 2.61. The quantitative estimate of drug-likeness (QED) is 0.304. The standard InChI is InChI=1S/2C8H10O4/c2*1-11-7(9)5-3-4-6-8(10)12-2/h2*3-6H,1-2H3/b5-3+,6-4+;. The van der Waals surface area contributed by atoms with Gasteiger partial charge in [0.2, 0.25) is 0 Å². The number of allylic oxidation sites excluding steroid dienone is 4. The zero-order chi connectivity index (χ0) is 18.8. The number of carbonyl (C=O) groups excluding carboxylic acids is 4. The maximum absolute atomic E-state index is 10.5. The van der Waals surface area contributed by atoms with Crippen LogP contribution in [0.4, 0.5) is 0 Å². The topological polar surface area (TPSA) is 105 Å². The summed E-state index contributed by atoms with van der Waals surface area (Å²) in [5, 5.41) is 0. The lowest BCUT2D eigenvalue weighted by molar-refractivity contribution is -0.135. The van der Waals surface area contributed by atoms with Crippen LogP contribution in [0.25, 0.3) is 0 Å². The Bertz CT molecular complexity index is 430. The van der Waals surface area contributed by atoms with Crippen LogP contribution in [0.3, 0.4) is 0 Å². The van der Waals surface area contributed by atoms with Crippen LogP contribution in [-0.2, 0) is 38.1 Å². The van der Waals surface area contributed by atoms with Crippen molar-refractivity contribution in [1.29, 1.82) is 0 Å². The highest BCUT2D eigenvalue weighted by molar-refractivity contribution is 5.85. The minimum absolute atomic E-state index is 0.468. The first-order valence-corrected chi connectivity index (χ1v) is 6.42. The number of carbonyl (C=O) groups is 4. The number of rotatable bonds is 6. The molecule has 0 aromatic rings. The van der Waals surface area contributed by atoms with Gasteiger partial charge in [0.15, 0.2) is 0 Å². The van der Waals surface area contributed by atoms with Crippen molar-refractivity contribution in [2.24, 2.45) is 0 Å². The van der Waals surface area contributed by atoms with Gasteiger partial charge in [-0.2, -0.15) is 0 Å². The normalized spacial score (nSPS) is 10.5. The number of ether oxygens (including phenoxy) is 4. The van der Waals surface area contributed by atoms with Gasteiger partial charge < -0.3 is 18.9 Å². The van der Waals surface area contributed by atoms with Crippen LogP contribution in [-0.4, -0.2) is 52.3 Å². The lowest BCUT2D eigenvalue weighted by Gasteiger charge is -1.87. The Hall–Kier alpha value is -3.16. The Balaban J connectivity index is 0. The fourth-order valence-corrected chi connectivity index (χ4v) is 0.809. The molecule has 0 saturated heterocycles. The maximum atomic E-state index is 10.5. The van der Waals surface area contributed by atoms with E-state index >= 15 is 0 Å². The molecule has 0 amide bonds. The molecule has 0 aliphatic rings. The monoisotopic (exact) mass is 340 g/mol. The van der Waals surface area contributed by atoms with Crippen molar-refractivity contribution in [3.8, 4) is 0 Å². The molecule has 0 aliphatic carbocycles. The molecule has 0 unspecified atom stereocenters. The van der Waals surface area contributed by atoms with Crippen molar-refractivity contribution in [1.82, 2.24) is 0 Å². The summed E-state index contributed by atoms with van der Waals surface area (Å²) in [6.45, 7) is 0. The molecular weight excluding hydrogens is 320 g/mol. The van der Waals surface area contributed by atoms with E-state index in [2.05, 4.69) is 18.9 Å². The highest BCUT2D eigenvalue weighted by Gasteiger charge is 1.90. The van der Waals surface area contributed by atoms with Gasteiger partial charge in [-0.25, -0.2) is 19.2 Å². The van der Waals surface area contributed by atoms with Crippen molar-refractivity contribution in [2.75, 3.05) is 28.4 Å². The van der Waals surface area contributed by atoms with E-state index in [4.69, 9.17) is 0 Å². The maximum Gasteiger partial charge on any atom is 0.330 e. The average molecular weight is 340 g/mol. The van der Waals surface area contributed by atoms with Crippen molar-refractivity contribution in [3.63, 3.8) is 0 Å². The zero-order valence-corrected chi connectivity index (χ0v) is 13.9. The summed E-state index contributed by atoms with van der Waals surface area (Å²) < 4.78 is 17.2. The molecule has 0 radical (unpaired) electrons. The molecule has 0 spiro atoms. The summed E-state index contributed by atoms with van der Waals surface area (Å²) in [4.78, 5) is 41.9. The summed E-state index contributed by atoms with van der Waals surface area (Å²) in [5.41, 5.74) is 0. The Morgan fingerprint density at radius 1 is 0.458 bits per heavy atom. The molecule has 0 fully saturated rings. The summed E-state index contributed by atoms with van der Waals surface area (Å²) in [5.74, 6) is -1.87. The molecule has 0 heterocycles. The fourth-order valence-electron chi connectivity index (χ4n) is 0.809. The highest BCUT2D eigenvalue weighted by Crippen LogP contribution is 1.83. The minimum Gasteiger partial charge on any atom is -0.466 e. The Labute approximate surface area is 140 Å². The Morgan fingerprint density at radius 2 is 0.625 bits per heavy atom. The van der Waals surface area contributed by atoms with Gasteiger partial charge in [0.05, 0.1) is 28.4 Å². The van der Waals surface area contributed by atoms with Crippen LogP contribution in [0.1, 0.15) is 0 Å². The van der Waals surface area contributed by atoms with Gasteiger partial charge in [-0.3, -0.25) is 0 Å². The Morgan fingerprint density at radius 3 is 0.750 bits per heavy atom. The fraction of sp³-hybridized carbons (Fsp3) is 0.250. The predicted molar refractivity (Wildman–Crippen MR) is 84.6 cm³/mol. The predicted octanol–water partition coefficient (Wildman–Crippen LogP) is 0.890. The first kappa shape index (κ1) is 23.1. The van der Waals surface area contributed by atoms with Gasteiger partial charge in [0, 0.05) is 24.3 Å². The third kappa shape index (κ3) is 16.9. The molecule has 24 heavy (non-hydrogen) atoms. The van der Waals surface area contributed by atoms with Crippen molar-refractivity contribution in [3.05, 3.63) is 48.6 Å². The Kier molecular flexibility index (Phi) is 15.6. The molecule has 0 aliphatic heterocycles. The summed E-state index contributed by atoms with van der Waals surface area (Å²) >= 11 is 0. The SMILES string of the molecule is COC(=O)/C=C/C=C/C(=O)OC.COC(=O)C=CC=CC(=O)OC. The second-order valence-electron chi connectivity index (χ2n) is 3.53. The van der Waals surface area contributed by atoms with E-state index in [1.807, 2.05) is 0 Å². The molecule has 0 N–H and O–H groups in total. The first-order valence-electron chi connectivity index (χ1n) is 6.42. The van der Waals surface area contributed by atoms with E-state index in [-0.39, 0.29) is 0 Å². The van der Waals surface area contributed by atoms with Gasteiger partial charge >= 0.3 is 23.9 Å². The highest BCUT2D eigenvalue weighted by atomic mass is 16.5. The zero-order valence-electron chi connectivity index (χ0n) is 13.9. The minimum atomic E-state index is -0.468. The van der Waals surface area contributed by atoms with Gasteiger partial charge in [-0.05, 0) is 0 Å². The molecular formula is C16H20O8. The molecule has 0 aromatic carbocycles. The molecule has 0 aromatic heterocycles. The van der Waals surface area contributed by atoms with E-state index in [0.717, 1.165) is 0 Å². The lowest BCUT2D eigenvalue weighted by atomic mass is 10.4. The van der Waals surface area contributed by atoms with Crippen LogP contribution in [0.5, 0.6) is 0 Å². The van der Waals surface area contributed by atoms with Gasteiger partial charge in [-0.1, -0.05) is 24.3 Å². The number of esters is 4. The van der Waals surface area contributed by atoms with E-state index in [9.17, 15) is 19.2 Å². The van der Waals surface area contributed by atoms with E-state index in [1.54, 1.807) is 0 Å². The largest absolute Gasteiger partial charge is 0.466 e. The van der Waals surface area contributed by atoms with E-state index in [0.29, 0.717) is 0 Å². The van der Waals surface area contributed by atoms with Crippen molar-refractivity contribution >= 4 is 23.9 Å². The molecule has 0 atom stereocenters. The second kappa shape index (κ2) is 16.2. The number of hydrogen-bond donors (Lipinski definition) is 0. The van der Waals surface area contributed by atoms with Crippen LogP contribution in [0.2, 0.25) is 0 Å². The lowest BCUT2D eigenvalue weighted by Crippen LogP contribution is -1.94. The first-order chi connectivity index (χ1) is 11.4. The third-order valence-electron chi connectivity index (χ3n) is 1.96. The van der Waals surface area contributed by atoms with Crippen LogP contribution < -0.4 is 0 Å². The summed E-state index contributed by atoms with van der Waals surface area (Å²) in [6, 6.07) is 0. The van der Waals surface area contributed by atoms with Gasteiger partial charge in [-0.15, -0.1) is 0 Å². The van der Waals surface area contributed by atoms with Crippen molar-refractivity contribution in [2.45, 2.75) is 0 Å². The van der Waals surface area contributed by atoms with Gasteiger partial charge in [0.25, 0.3) is 0 Å².